The number of carbonyl (C=O) groups is 1. The SMILES string of the molecule is NNC(=O)c1cccc(N)c1N. The maximum absolute atomic E-state index is 11.0. The van der Waals surface area contributed by atoms with E-state index in [0.717, 1.165) is 0 Å². The molecule has 0 saturated heterocycles. The molecule has 0 aliphatic carbocycles. The van der Waals surface area contributed by atoms with Crippen LogP contribution in [0.1, 0.15) is 10.4 Å². The van der Waals surface area contributed by atoms with Gasteiger partial charge in [0, 0.05) is 0 Å². The third kappa shape index (κ3) is 1.30. The molecule has 0 bridgehead atoms. The molecule has 5 nitrogen and oxygen atoms in total. The highest BCUT2D eigenvalue weighted by molar-refractivity contribution is 6.01. The van der Waals surface area contributed by atoms with E-state index in [1.165, 1.54) is 0 Å². The summed E-state index contributed by atoms with van der Waals surface area (Å²) in [7, 11) is 0. The van der Waals surface area contributed by atoms with Crippen LogP contribution in [0, 0.1) is 0 Å². The van der Waals surface area contributed by atoms with E-state index in [0.29, 0.717) is 5.69 Å². The van der Waals surface area contributed by atoms with Gasteiger partial charge in [0.25, 0.3) is 5.91 Å². The van der Waals surface area contributed by atoms with Crippen molar-refractivity contribution in [3.8, 4) is 0 Å². The van der Waals surface area contributed by atoms with E-state index < -0.39 is 5.91 Å². The van der Waals surface area contributed by atoms with Crippen LogP contribution in [0.4, 0.5) is 11.4 Å². The summed E-state index contributed by atoms with van der Waals surface area (Å²) in [5.41, 5.74) is 13.9. The van der Waals surface area contributed by atoms with Gasteiger partial charge in [-0.25, -0.2) is 5.84 Å². The van der Waals surface area contributed by atoms with E-state index in [9.17, 15) is 4.79 Å². The number of anilines is 2. The van der Waals surface area contributed by atoms with Crippen LogP contribution >= 0.6 is 0 Å². The van der Waals surface area contributed by atoms with Gasteiger partial charge in [-0.2, -0.15) is 0 Å². The maximum atomic E-state index is 11.0. The summed E-state index contributed by atoms with van der Waals surface area (Å²) in [4.78, 5) is 11.0. The fourth-order valence-electron chi connectivity index (χ4n) is 0.859. The lowest BCUT2D eigenvalue weighted by atomic mass is 10.1. The number of nitrogens with one attached hydrogen (secondary N) is 1. The van der Waals surface area contributed by atoms with E-state index in [4.69, 9.17) is 17.3 Å². The number of carbonyl (C=O) groups excluding carboxylic acids is 1. The van der Waals surface area contributed by atoms with Crippen LogP contribution in [0.2, 0.25) is 0 Å². The molecule has 1 aromatic carbocycles. The van der Waals surface area contributed by atoms with E-state index >= 15 is 0 Å². The number of rotatable bonds is 1. The lowest BCUT2D eigenvalue weighted by Crippen LogP contribution is -2.30. The number of para-hydroxylation sites is 1. The Morgan fingerprint density at radius 2 is 2.00 bits per heavy atom. The predicted molar refractivity (Wildman–Crippen MR) is 46.9 cm³/mol. The minimum Gasteiger partial charge on any atom is -0.397 e. The predicted octanol–water partition coefficient (Wildman–Crippen LogP) is -0.546. The monoisotopic (exact) mass is 166 g/mol. The van der Waals surface area contributed by atoms with Crippen molar-refractivity contribution in [1.29, 1.82) is 0 Å². The molecule has 0 saturated carbocycles. The first-order valence-electron chi connectivity index (χ1n) is 3.31. The molecule has 1 rings (SSSR count). The van der Waals surface area contributed by atoms with E-state index in [1.54, 1.807) is 18.2 Å². The summed E-state index contributed by atoms with van der Waals surface area (Å²) in [6, 6.07) is 4.80. The Morgan fingerprint density at radius 1 is 1.33 bits per heavy atom. The molecule has 0 aliphatic rings. The lowest BCUT2D eigenvalue weighted by molar-refractivity contribution is 0.0954. The molecule has 0 fully saturated rings. The molecular formula is C7H10N4O. The van der Waals surface area contributed by atoms with Crippen LogP contribution in [0.3, 0.4) is 0 Å². The second kappa shape index (κ2) is 3.10. The zero-order valence-electron chi connectivity index (χ0n) is 6.37. The molecule has 1 aromatic rings. The molecule has 5 heteroatoms. The van der Waals surface area contributed by atoms with Crippen molar-refractivity contribution in [2.75, 3.05) is 11.5 Å². The lowest BCUT2D eigenvalue weighted by Gasteiger charge is -2.05. The molecule has 0 spiro atoms. The number of nitrogens with two attached hydrogens (primary N) is 3. The molecule has 7 N–H and O–H groups in total. The summed E-state index contributed by atoms with van der Waals surface area (Å²) in [5, 5.41) is 0. The van der Waals surface area contributed by atoms with Crippen molar-refractivity contribution >= 4 is 17.3 Å². The fraction of sp³-hybridized carbons (Fsp3) is 0. The molecule has 0 unspecified atom stereocenters. The van der Waals surface area contributed by atoms with Gasteiger partial charge in [-0.3, -0.25) is 10.2 Å². The topological polar surface area (TPSA) is 107 Å². The van der Waals surface area contributed by atoms with Gasteiger partial charge in [-0.15, -0.1) is 0 Å². The van der Waals surface area contributed by atoms with Gasteiger partial charge >= 0.3 is 0 Å². The second-order valence-corrected chi connectivity index (χ2v) is 2.28. The van der Waals surface area contributed by atoms with Gasteiger partial charge in [0.15, 0.2) is 0 Å². The van der Waals surface area contributed by atoms with Crippen molar-refractivity contribution < 1.29 is 4.79 Å². The first-order chi connectivity index (χ1) is 5.66. The minimum absolute atomic E-state index is 0.250. The van der Waals surface area contributed by atoms with Crippen LogP contribution in [0.25, 0.3) is 0 Å². The first kappa shape index (κ1) is 8.35. The molecule has 64 valence electrons. The van der Waals surface area contributed by atoms with Crippen LogP contribution < -0.4 is 22.7 Å². The Hall–Kier alpha value is -1.75. The van der Waals surface area contributed by atoms with E-state index in [-0.39, 0.29) is 11.3 Å². The Labute approximate surface area is 69.5 Å². The highest BCUT2D eigenvalue weighted by Gasteiger charge is 2.08. The Kier molecular flexibility index (Phi) is 2.16. The van der Waals surface area contributed by atoms with Gasteiger partial charge in [-0.05, 0) is 12.1 Å². The number of nitrogen functional groups attached to an aromatic ring is 3. The molecule has 0 radical (unpaired) electrons. The number of hydrogen-bond donors (Lipinski definition) is 4. The van der Waals surface area contributed by atoms with Crippen molar-refractivity contribution in [2.24, 2.45) is 5.84 Å². The fourth-order valence-corrected chi connectivity index (χ4v) is 0.859. The van der Waals surface area contributed by atoms with Crippen LogP contribution in [0.15, 0.2) is 18.2 Å². The molecule has 0 aromatic heterocycles. The quantitative estimate of drug-likeness (QED) is 0.194. The second-order valence-electron chi connectivity index (χ2n) is 2.28. The van der Waals surface area contributed by atoms with E-state index in [2.05, 4.69) is 0 Å². The summed E-state index contributed by atoms with van der Waals surface area (Å²) in [5.74, 6) is 4.48. The Bertz CT molecular complexity index is 310. The first-order valence-corrected chi connectivity index (χ1v) is 3.31. The average molecular weight is 166 g/mol. The van der Waals surface area contributed by atoms with Gasteiger partial charge in [0.05, 0.1) is 16.9 Å². The number of hydrazine groups is 1. The van der Waals surface area contributed by atoms with Crippen molar-refractivity contribution in [3.63, 3.8) is 0 Å². The zero-order valence-corrected chi connectivity index (χ0v) is 6.37. The molecule has 1 amide bonds. The Balaban J connectivity index is 3.16. The summed E-state index contributed by atoms with van der Waals surface area (Å²) in [6.07, 6.45) is 0. The molecule has 0 aliphatic heterocycles. The maximum Gasteiger partial charge on any atom is 0.267 e. The Morgan fingerprint density at radius 3 is 2.58 bits per heavy atom. The van der Waals surface area contributed by atoms with Crippen molar-refractivity contribution in [1.82, 2.24) is 5.43 Å². The number of benzene rings is 1. The van der Waals surface area contributed by atoms with Gasteiger partial charge in [0.1, 0.15) is 0 Å². The summed E-state index contributed by atoms with van der Waals surface area (Å²) >= 11 is 0. The summed E-state index contributed by atoms with van der Waals surface area (Å²) < 4.78 is 0. The summed E-state index contributed by atoms with van der Waals surface area (Å²) in [6.45, 7) is 0. The highest BCUT2D eigenvalue weighted by atomic mass is 16.2. The third-order valence-corrected chi connectivity index (χ3v) is 1.52. The van der Waals surface area contributed by atoms with Gasteiger partial charge in [-0.1, -0.05) is 6.07 Å². The molecular weight excluding hydrogens is 156 g/mol. The molecule has 12 heavy (non-hydrogen) atoms. The van der Waals surface area contributed by atoms with Crippen molar-refractivity contribution in [2.45, 2.75) is 0 Å². The molecule has 0 atom stereocenters. The number of amides is 1. The van der Waals surface area contributed by atoms with Crippen LogP contribution in [-0.2, 0) is 0 Å². The van der Waals surface area contributed by atoms with Crippen molar-refractivity contribution in [3.05, 3.63) is 23.8 Å². The normalized spacial score (nSPS) is 9.42. The third-order valence-electron chi connectivity index (χ3n) is 1.52. The number of hydrogen-bond acceptors (Lipinski definition) is 4. The van der Waals surface area contributed by atoms with Crippen LogP contribution in [-0.4, -0.2) is 5.91 Å². The largest absolute Gasteiger partial charge is 0.397 e. The zero-order chi connectivity index (χ0) is 9.14. The van der Waals surface area contributed by atoms with Gasteiger partial charge in [0.2, 0.25) is 0 Å². The highest BCUT2D eigenvalue weighted by Crippen LogP contribution is 2.18. The smallest absolute Gasteiger partial charge is 0.267 e. The standard InChI is InChI=1S/C7H10N4O/c8-5-3-1-2-4(6(5)9)7(12)11-10/h1-3H,8-10H2,(H,11,12). The van der Waals surface area contributed by atoms with Crippen LogP contribution in [0.5, 0.6) is 0 Å². The molecule has 0 heterocycles. The van der Waals surface area contributed by atoms with E-state index in [1.807, 2.05) is 5.43 Å². The van der Waals surface area contributed by atoms with Gasteiger partial charge < -0.3 is 11.5 Å². The average Bonchev–Trinajstić information content (AvgIpc) is 2.08. The minimum atomic E-state index is -0.445.